The monoisotopic (exact) mass is 604 g/mol. The Morgan fingerprint density at radius 3 is 1.77 bits per heavy atom. The molecule has 0 atom stereocenters. The number of fused-ring (bicyclic) bond motifs is 3. The number of hydrogen-bond donors (Lipinski definition) is 0. The minimum Gasteiger partial charge on any atom is -0.292 e. The predicted molar refractivity (Wildman–Crippen MR) is 196 cm³/mol. The van der Waals surface area contributed by atoms with E-state index in [-0.39, 0.29) is 23.5 Å². The molecule has 3 heteroatoms. The van der Waals surface area contributed by atoms with Crippen LogP contribution in [0.15, 0.2) is 176 Å². The molecule has 9 aromatic rings. The summed E-state index contributed by atoms with van der Waals surface area (Å²) < 4.78 is 44.1. The zero-order chi connectivity index (χ0) is 35.5. The standard InChI is InChI=1S/C44H29N3/c1-2-14-31(15-3-1)44-46-40-23-10-11-24-41(40)47(44)32-27-25-30(26-28-32)42-35-18-6-8-20-37(35)43(38-21-9-7-19-36(38)42)34-17-5-4-16-33(34)39-22-12-13-29-45-39/h1-29H/i1D,2D,3D,14D,15D. The predicted octanol–water partition coefficient (Wildman–Crippen LogP) is 11.4. The molecule has 0 saturated heterocycles. The molecule has 9 rings (SSSR count). The van der Waals surface area contributed by atoms with Gasteiger partial charge in [0.25, 0.3) is 0 Å². The van der Waals surface area contributed by atoms with Crippen LogP contribution in [0.4, 0.5) is 0 Å². The Kier molecular flexibility index (Phi) is 5.32. The highest BCUT2D eigenvalue weighted by Crippen LogP contribution is 2.46. The number of aromatic nitrogens is 3. The summed E-state index contributed by atoms with van der Waals surface area (Å²) in [5, 5.41) is 4.50. The zero-order valence-corrected chi connectivity index (χ0v) is 25.2. The van der Waals surface area contributed by atoms with Gasteiger partial charge in [0.15, 0.2) is 0 Å². The number of imidazole rings is 1. The van der Waals surface area contributed by atoms with Crippen LogP contribution in [-0.2, 0) is 0 Å². The molecule has 220 valence electrons. The van der Waals surface area contributed by atoms with Gasteiger partial charge < -0.3 is 0 Å². The van der Waals surface area contributed by atoms with E-state index >= 15 is 0 Å². The summed E-state index contributed by atoms with van der Waals surface area (Å²) in [7, 11) is 0. The summed E-state index contributed by atoms with van der Waals surface area (Å²) in [5.41, 5.74) is 8.63. The minimum absolute atomic E-state index is 0.0600. The highest BCUT2D eigenvalue weighted by molar-refractivity contribution is 6.22. The van der Waals surface area contributed by atoms with Crippen LogP contribution in [0.25, 0.3) is 83.2 Å². The van der Waals surface area contributed by atoms with Gasteiger partial charge in [0, 0.05) is 23.0 Å². The Labute approximate surface area is 280 Å². The maximum atomic E-state index is 8.72. The molecule has 2 heterocycles. The number of pyridine rings is 1. The molecule has 0 amide bonds. The molecule has 2 aromatic heterocycles. The lowest BCUT2D eigenvalue weighted by Gasteiger charge is -2.19. The van der Waals surface area contributed by atoms with Gasteiger partial charge in [-0.2, -0.15) is 0 Å². The van der Waals surface area contributed by atoms with Crippen LogP contribution in [0.1, 0.15) is 6.85 Å². The van der Waals surface area contributed by atoms with Gasteiger partial charge in [-0.1, -0.05) is 133 Å². The van der Waals surface area contributed by atoms with E-state index in [2.05, 4.69) is 84.9 Å². The van der Waals surface area contributed by atoms with Crippen LogP contribution < -0.4 is 0 Å². The summed E-state index contributed by atoms with van der Waals surface area (Å²) in [4.78, 5) is 9.52. The first-order valence-corrected chi connectivity index (χ1v) is 15.5. The van der Waals surface area contributed by atoms with Crippen LogP contribution in [0.5, 0.6) is 0 Å². The third-order valence-electron chi connectivity index (χ3n) is 8.77. The molecule has 47 heavy (non-hydrogen) atoms. The smallest absolute Gasteiger partial charge is 0.145 e. The maximum absolute atomic E-state index is 8.72. The van der Waals surface area contributed by atoms with Crippen molar-refractivity contribution in [1.29, 1.82) is 0 Å². The Bertz CT molecular complexity index is 2760. The fraction of sp³-hybridized carbons (Fsp3) is 0. The summed E-state index contributed by atoms with van der Waals surface area (Å²) >= 11 is 0. The van der Waals surface area contributed by atoms with E-state index < -0.39 is 18.1 Å². The highest BCUT2D eigenvalue weighted by atomic mass is 15.1. The van der Waals surface area contributed by atoms with E-state index in [1.807, 2.05) is 65.4 Å². The molecular weight excluding hydrogens is 571 g/mol. The van der Waals surface area contributed by atoms with E-state index in [9.17, 15) is 0 Å². The van der Waals surface area contributed by atoms with Crippen molar-refractivity contribution in [3.63, 3.8) is 0 Å². The molecular formula is C44H29N3. The van der Waals surface area contributed by atoms with Gasteiger partial charge in [-0.05, 0) is 80.2 Å². The lowest BCUT2D eigenvalue weighted by atomic mass is 9.84. The third kappa shape index (κ3) is 4.52. The van der Waals surface area contributed by atoms with Gasteiger partial charge in [0.1, 0.15) is 5.82 Å². The SMILES string of the molecule is [2H]c1c([2H])c([2H])c(-c2nc3ccccc3n2-c2ccc(-c3c4ccccc4c(-c4ccccc4-c4ccccn4)c4ccccc34)cc2)c([2H])c1[2H]. The van der Waals surface area contributed by atoms with Crippen LogP contribution >= 0.6 is 0 Å². The molecule has 3 nitrogen and oxygen atoms in total. The molecule has 7 aromatic carbocycles. The molecule has 0 fully saturated rings. The number of rotatable bonds is 5. The van der Waals surface area contributed by atoms with E-state index in [0.717, 1.165) is 66.3 Å². The first kappa shape index (κ1) is 22.2. The van der Waals surface area contributed by atoms with Gasteiger partial charge in [-0.25, -0.2) is 4.98 Å². The molecule has 0 aliphatic heterocycles. The highest BCUT2D eigenvalue weighted by Gasteiger charge is 2.20. The number of benzene rings is 7. The molecule has 0 unspecified atom stereocenters. The van der Waals surface area contributed by atoms with Crippen molar-refractivity contribution in [3.05, 3.63) is 176 Å². The van der Waals surface area contributed by atoms with E-state index in [1.165, 1.54) is 0 Å². The molecule has 0 radical (unpaired) electrons. The number of para-hydroxylation sites is 2. The third-order valence-corrected chi connectivity index (χ3v) is 8.77. The zero-order valence-electron chi connectivity index (χ0n) is 30.2. The first-order chi connectivity index (χ1) is 25.4. The molecule has 0 N–H and O–H groups in total. The van der Waals surface area contributed by atoms with Gasteiger partial charge in [0.2, 0.25) is 0 Å². The fourth-order valence-electron chi connectivity index (χ4n) is 6.77. The van der Waals surface area contributed by atoms with Crippen molar-refractivity contribution in [2.24, 2.45) is 0 Å². The molecule has 0 bridgehead atoms. The van der Waals surface area contributed by atoms with Crippen LogP contribution in [0.2, 0.25) is 0 Å². The average Bonchev–Trinajstić information content (AvgIpc) is 3.58. The molecule has 0 aliphatic carbocycles. The van der Waals surface area contributed by atoms with Crippen molar-refractivity contribution in [1.82, 2.24) is 14.5 Å². The summed E-state index contributed by atoms with van der Waals surface area (Å²) in [6.45, 7) is 0. The van der Waals surface area contributed by atoms with Crippen molar-refractivity contribution >= 4 is 32.6 Å². The van der Waals surface area contributed by atoms with Crippen molar-refractivity contribution in [2.75, 3.05) is 0 Å². The lowest BCUT2D eigenvalue weighted by molar-refractivity contribution is 1.10. The Morgan fingerprint density at radius 1 is 0.489 bits per heavy atom. The lowest BCUT2D eigenvalue weighted by Crippen LogP contribution is -1.98. The second-order valence-corrected chi connectivity index (χ2v) is 11.4. The second-order valence-electron chi connectivity index (χ2n) is 11.4. The van der Waals surface area contributed by atoms with Crippen LogP contribution in [0, 0.1) is 0 Å². The normalized spacial score (nSPS) is 12.9. The van der Waals surface area contributed by atoms with E-state index in [4.69, 9.17) is 16.8 Å². The molecule has 0 saturated carbocycles. The average molecular weight is 605 g/mol. The first-order valence-electron chi connectivity index (χ1n) is 18.0. The summed E-state index contributed by atoms with van der Waals surface area (Å²) in [6.07, 6.45) is 1.83. The van der Waals surface area contributed by atoms with Gasteiger partial charge in [-0.15, -0.1) is 0 Å². The number of nitrogens with zero attached hydrogens (tertiary/aromatic N) is 3. The van der Waals surface area contributed by atoms with Gasteiger partial charge >= 0.3 is 0 Å². The quantitative estimate of drug-likeness (QED) is 0.183. The van der Waals surface area contributed by atoms with E-state index in [0.29, 0.717) is 5.52 Å². The van der Waals surface area contributed by atoms with Crippen molar-refractivity contribution in [2.45, 2.75) is 0 Å². The Morgan fingerprint density at radius 2 is 1.09 bits per heavy atom. The van der Waals surface area contributed by atoms with Crippen LogP contribution in [-0.4, -0.2) is 14.5 Å². The fourth-order valence-corrected chi connectivity index (χ4v) is 6.77. The van der Waals surface area contributed by atoms with Crippen molar-refractivity contribution in [3.8, 4) is 50.6 Å². The largest absolute Gasteiger partial charge is 0.292 e. The molecule has 0 aliphatic rings. The minimum atomic E-state index is -0.434. The second kappa shape index (κ2) is 11.2. The van der Waals surface area contributed by atoms with Crippen LogP contribution in [0.3, 0.4) is 0 Å². The van der Waals surface area contributed by atoms with Crippen molar-refractivity contribution < 1.29 is 6.85 Å². The molecule has 0 spiro atoms. The Hall–Kier alpha value is -6.32. The summed E-state index contributed by atoms with van der Waals surface area (Å²) in [6, 6.07) is 45.5. The maximum Gasteiger partial charge on any atom is 0.145 e. The van der Waals surface area contributed by atoms with Gasteiger partial charge in [-0.3, -0.25) is 9.55 Å². The van der Waals surface area contributed by atoms with Gasteiger partial charge in [0.05, 0.1) is 23.6 Å². The Balaban J connectivity index is 1.26. The summed E-state index contributed by atoms with van der Waals surface area (Å²) in [5.74, 6) is 0.290. The topological polar surface area (TPSA) is 30.7 Å². The van der Waals surface area contributed by atoms with E-state index in [1.54, 1.807) is 0 Å². The number of hydrogen-bond acceptors (Lipinski definition) is 2.